The van der Waals surface area contributed by atoms with Crippen LogP contribution >= 0.6 is 11.8 Å². The first kappa shape index (κ1) is 15.3. The monoisotopic (exact) mass is 231 g/mol. The number of nitrogens with one attached hydrogen (secondary N) is 1. The van der Waals surface area contributed by atoms with E-state index in [0.29, 0.717) is 10.8 Å². The van der Waals surface area contributed by atoms with Crippen molar-refractivity contribution in [3.8, 4) is 0 Å². The van der Waals surface area contributed by atoms with Gasteiger partial charge in [-0.25, -0.2) is 0 Å². The molecular formula is C13H29NS. The van der Waals surface area contributed by atoms with Crippen LogP contribution < -0.4 is 5.32 Å². The van der Waals surface area contributed by atoms with E-state index in [9.17, 15) is 0 Å². The molecule has 0 spiro atoms. The Labute approximate surface area is 101 Å². The molecule has 0 saturated carbocycles. The first-order valence-corrected chi connectivity index (χ1v) is 7.21. The molecular weight excluding hydrogens is 202 g/mol. The molecule has 0 aliphatic heterocycles. The third kappa shape index (κ3) is 10.6. The number of rotatable bonds is 7. The summed E-state index contributed by atoms with van der Waals surface area (Å²) in [5.41, 5.74) is 0. The molecule has 1 nitrogen and oxygen atoms in total. The molecule has 2 heteroatoms. The largest absolute Gasteiger partial charge is 0.313 e. The minimum atomic E-state index is 0.392. The molecule has 1 N–H and O–H groups in total. The van der Waals surface area contributed by atoms with Crippen LogP contribution in [0.2, 0.25) is 0 Å². The Morgan fingerprint density at radius 3 is 2.20 bits per heavy atom. The summed E-state index contributed by atoms with van der Waals surface area (Å²) in [5, 5.41) is 3.65. The predicted molar refractivity (Wildman–Crippen MR) is 73.7 cm³/mol. The van der Waals surface area contributed by atoms with Crippen molar-refractivity contribution >= 4 is 11.8 Å². The quantitative estimate of drug-likeness (QED) is 0.712. The third-order valence-electron chi connectivity index (χ3n) is 2.16. The van der Waals surface area contributed by atoms with Gasteiger partial charge in [-0.1, -0.05) is 41.5 Å². The Morgan fingerprint density at radius 1 is 1.20 bits per heavy atom. The lowest BCUT2D eigenvalue weighted by Crippen LogP contribution is -2.34. The van der Waals surface area contributed by atoms with Gasteiger partial charge in [-0.2, -0.15) is 11.8 Å². The molecule has 15 heavy (non-hydrogen) atoms. The normalized spacial score (nSPS) is 14.6. The van der Waals surface area contributed by atoms with Gasteiger partial charge in [0.2, 0.25) is 0 Å². The summed E-state index contributed by atoms with van der Waals surface area (Å²) in [6, 6.07) is 0.689. The Balaban J connectivity index is 3.89. The second-order valence-electron chi connectivity index (χ2n) is 5.70. The van der Waals surface area contributed by atoms with Gasteiger partial charge in [0, 0.05) is 16.5 Å². The molecule has 0 aliphatic rings. The van der Waals surface area contributed by atoms with Crippen molar-refractivity contribution in [2.24, 2.45) is 5.92 Å². The van der Waals surface area contributed by atoms with Gasteiger partial charge in [0.05, 0.1) is 0 Å². The molecule has 0 radical (unpaired) electrons. The van der Waals surface area contributed by atoms with E-state index in [1.54, 1.807) is 0 Å². The summed E-state index contributed by atoms with van der Waals surface area (Å²) in [5.74, 6) is 2.03. The fourth-order valence-corrected chi connectivity index (χ4v) is 2.43. The van der Waals surface area contributed by atoms with Crippen LogP contribution in [0.3, 0.4) is 0 Å². The predicted octanol–water partition coefficient (Wildman–Crippen LogP) is 3.93. The van der Waals surface area contributed by atoms with E-state index in [1.165, 1.54) is 18.6 Å². The second-order valence-corrected chi connectivity index (χ2v) is 7.55. The van der Waals surface area contributed by atoms with Crippen LogP contribution in [0.4, 0.5) is 0 Å². The molecule has 0 fully saturated rings. The molecule has 0 aromatic carbocycles. The minimum absolute atomic E-state index is 0.392. The lowest BCUT2D eigenvalue weighted by atomic mass is 10.1. The van der Waals surface area contributed by atoms with Gasteiger partial charge in [-0.05, 0) is 25.3 Å². The maximum atomic E-state index is 3.65. The summed E-state index contributed by atoms with van der Waals surface area (Å²) in [6.07, 6.45) is 2.53. The van der Waals surface area contributed by atoms with Gasteiger partial charge in [0.15, 0.2) is 0 Å². The van der Waals surface area contributed by atoms with Crippen LogP contribution in [-0.4, -0.2) is 23.1 Å². The summed E-state index contributed by atoms with van der Waals surface area (Å²) in [4.78, 5) is 0. The van der Waals surface area contributed by atoms with E-state index in [2.05, 4.69) is 58.6 Å². The van der Waals surface area contributed by atoms with E-state index in [-0.39, 0.29) is 0 Å². The zero-order valence-corrected chi connectivity index (χ0v) is 12.2. The fourth-order valence-electron chi connectivity index (χ4n) is 1.48. The van der Waals surface area contributed by atoms with Gasteiger partial charge < -0.3 is 5.32 Å². The van der Waals surface area contributed by atoms with Gasteiger partial charge >= 0.3 is 0 Å². The molecule has 1 unspecified atom stereocenters. The van der Waals surface area contributed by atoms with E-state index in [4.69, 9.17) is 0 Å². The van der Waals surface area contributed by atoms with E-state index in [1.807, 2.05) is 0 Å². The highest BCUT2D eigenvalue weighted by molar-refractivity contribution is 8.00. The smallest absolute Gasteiger partial charge is 0.0160 e. The highest BCUT2D eigenvalue weighted by Crippen LogP contribution is 2.25. The molecule has 0 amide bonds. The second kappa shape index (κ2) is 7.56. The molecule has 0 aliphatic carbocycles. The molecule has 1 atom stereocenters. The molecule has 0 bridgehead atoms. The molecule has 0 heterocycles. The number of hydrogen-bond donors (Lipinski definition) is 1. The summed E-state index contributed by atoms with van der Waals surface area (Å²) >= 11 is 2.07. The topological polar surface area (TPSA) is 12.0 Å². The van der Waals surface area contributed by atoms with Gasteiger partial charge in [-0.3, -0.25) is 0 Å². The number of thioether (sulfide) groups is 1. The van der Waals surface area contributed by atoms with E-state index < -0.39 is 0 Å². The first-order valence-electron chi connectivity index (χ1n) is 6.22. The molecule has 0 rings (SSSR count). The highest BCUT2D eigenvalue weighted by Gasteiger charge is 2.16. The standard InChI is InChI=1S/C13H29NS/c1-7-8-14-12(9-11(2)3)10-15-13(4,5)6/h11-12,14H,7-10H2,1-6H3. The van der Waals surface area contributed by atoms with Crippen molar-refractivity contribution in [3.05, 3.63) is 0 Å². The van der Waals surface area contributed by atoms with Crippen molar-refractivity contribution < 1.29 is 0 Å². The van der Waals surface area contributed by atoms with Crippen LogP contribution in [0.15, 0.2) is 0 Å². The maximum Gasteiger partial charge on any atom is 0.0160 e. The van der Waals surface area contributed by atoms with Gasteiger partial charge in [-0.15, -0.1) is 0 Å². The Morgan fingerprint density at radius 2 is 1.80 bits per heavy atom. The van der Waals surface area contributed by atoms with E-state index >= 15 is 0 Å². The van der Waals surface area contributed by atoms with Crippen molar-refractivity contribution in [3.63, 3.8) is 0 Å². The summed E-state index contributed by atoms with van der Waals surface area (Å²) in [6.45, 7) is 14.9. The van der Waals surface area contributed by atoms with Crippen LogP contribution in [-0.2, 0) is 0 Å². The molecule has 92 valence electrons. The fraction of sp³-hybridized carbons (Fsp3) is 1.00. The zero-order valence-electron chi connectivity index (χ0n) is 11.4. The van der Waals surface area contributed by atoms with Crippen LogP contribution in [0.25, 0.3) is 0 Å². The molecule has 0 aromatic rings. The van der Waals surface area contributed by atoms with Gasteiger partial charge in [0.25, 0.3) is 0 Å². The maximum absolute atomic E-state index is 3.65. The first-order chi connectivity index (χ1) is 6.85. The average Bonchev–Trinajstić information content (AvgIpc) is 2.07. The van der Waals surface area contributed by atoms with Crippen molar-refractivity contribution in [1.29, 1.82) is 0 Å². The Kier molecular flexibility index (Phi) is 7.72. The zero-order chi connectivity index (χ0) is 11.9. The van der Waals surface area contributed by atoms with Crippen molar-refractivity contribution in [2.45, 2.75) is 65.2 Å². The average molecular weight is 231 g/mol. The SMILES string of the molecule is CCCNC(CSC(C)(C)C)CC(C)C. The van der Waals surface area contributed by atoms with Crippen molar-refractivity contribution in [1.82, 2.24) is 5.32 Å². The minimum Gasteiger partial charge on any atom is -0.313 e. The van der Waals surface area contributed by atoms with Crippen molar-refractivity contribution in [2.75, 3.05) is 12.3 Å². The summed E-state index contributed by atoms with van der Waals surface area (Å²) < 4.78 is 0.392. The highest BCUT2D eigenvalue weighted by atomic mass is 32.2. The third-order valence-corrected chi connectivity index (χ3v) is 3.59. The Hall–Kier alpha value is 0.310. The summed E-state index contributed by atoms with van der Waals surface area (Å²) in [7, 11) is 0. The lowest BCUT2D eigenvalue weighted by molar-refractivity contribution is 0.447. The lowest BCUT2D eigenvalue weighted by Gasteiger charge is -2.25. The van der Waals surface area contributed by atoms with Crippen LogP contribution in [0.1, 0.15) is 54.4 Å². The van der Waals surface area contributed by atoms with Crippen LogP contribution in [0.5, 0.6) is 0 Å². The molecule has 0 saturated heterocycles. The number of hydrogen-bond acceptors (Lipinski definition) is 2. The van der Waals surface area contributed by atoms with E-state index in [0.717, 1.165) is 12.5 Å². The van der Waals surface area contributed by atoms with Crippen LogP contribution in [0, 0.1) is 5.92 Å². The Bertz CT molecular complexity index is 149. The van der Waals surface area contributed by atoms with Gasteiger partial charge in [0.1, 0.15) is 0 Å². The molecule has 0 aromatic heterocycles.